The number of benzene rings is 1. The number of thioether (sulfide) groups is 1. The summed E-state index contributed by atoms with van der Waals surface area (Å²) in [7, 11) is 0. The number of Topliss-reactive ketones (excluding diaryl/α,β-unsaturated/α-hetero) is 1. The minimum atomic E-state index is 0.0787. The van der Waals surface area contributed by atoms with Gasteiger partial charge in [-0.05, 0) is 17.7 Å². The Hall–Kier alpha value is -2.11. The van der Waals surface area contributed by atoms with E-state index in [2.05, 4.69) is 33.7 Å². The van der Waals surface area contributed by atoms with E-state index in [1.165, 1.54) is 5.56 Å². The van der Waals surface area contributed by atoms with Crippen molar-refractivity contribution in [2.45, 2.75) is 16.9 Å². The monoisotopic (exact) mass is 338 g/mol. The molecule has 0 aliphatic rings. The summed E-state index contributed by atoms with van der Waals surface area (Å²) in [5, 5.41) is 0. The van der Waals surface area contributed by atoms with E-state index in [1.807, 2.05) is 30.5 Å². The number of carbonyl (C=O) groups is 1. The summed E-state index contributed by atoms with van der Waals surface area (Å²) in [6.07, 6.45) is 2.01. The van der Waals surface area contributed by atoms with Crippen LogP contribution in [-0.2, 0) is 5.75 Å². The molecule has 0 radical (unpaired) electrons. The van der Waals surface area contributed by atoms with Gasteiger partial charge in [-0.2, -0.15) is 0 Å². The van der Waals surface area contributed by atoms with Crippen LogP contribution in [0.5, 0.6) is 0 Å². The van der Waals surface area contributed by atoms with Crippen LogP contribution in [0.3, 0.4) is 0 Å². The number of rotatable bonds is 4. The van der Waals surface area contributed by atoms with E-state index < -0.39 is 0 Å². The van der Waals surface area contributed by atoms with E-state index in [0.29, 0.717) is 0 Å². The Kier molecular flexibility index (Phi) is 3.67. The molecule has 0 saturated heterocycles. The van der Waals surface area contributed by atoms with Crippen molar-refractivity contribution in [1.82, 2.24) is 9.38 Å². The topological polar surface area (TPSA) is 34.4 Å². The van der Waals surface area contributed by atoms with Crippen molar-refractivity contribution in [3.63, 3.8) is 0 Å². The summed E-state index contributed by atoms with van der Waals surface area (Å²) in [5.41, 5.74) is 4.03. The Morgan fingerprint density at radius 1 is 1.17 bits per heavy atom. The van der Waals surface area contributed by atoms with Crippen molar-refractivity contribution in [2.75, 3.05) is 0 Å². The second-order valence-corrected chi connectivity index (χ2v) is 7.55. The quantitative estimate of drug-likeness (QED) is 0.386. The number of thiophene rings is 1. The molecule has 0 amide bonds. The second-order valence-electron chi connectivity index (χ2n) is 5.29. The van der Waals surface area contributed by atoms with E-state index in [-0.39, 0.29) is 5.78 Å². The van der Waals surface area contributed by atoms with Gasteiger partial charge in [-0.1, -0.05) is 36.4 Å². The van der Waals surface area contributed by atoms with Crippen LogP contribution < -0.4 is 0 Å². The summed E-state index contributed by atoms with van der Waals surface area (Å²) in [4.78, 5) is 17.4. The Morgan fingerprint density at radius 3 is 2.74 bits per heavy atom. The van der Waals surface area contributed by atoms with Crippen molar-refractivity contribution >= 4 is 45.6 Å². The molecule has 0 aliphatic heterocycles. The SMILES string of the molecule is CC(=O)c1sc(SCc2ccccc2)c2c1nc1ccccn12. The molecule has 0 N–H and O–H groups in total. The van der Waals surface area contributed by atoms with E-state index in [1.54, 1.807) is 30.0 Å². The molecule has 0 aliphatic carbocycles. The molecular weight excluding hydrogens is 324 g/mol. The Bertz CT molecular complexity index is 1000. The lowest BCUT2D eigenvalue weighted by molar-refractivity contribution is 0.102. The van der Waals surface area contributed by atoms with Crippen LogP contribution >= 0.6 is 23.1 Å². The number of imidazole rings is 1. The van der Waals surface area contributed by atoms with Gasteiger partial charge in [0.15, 0.2) is 5.78 Å². The number of aromatic nitrogens is 2. The maximum absolute atomic E-state index is 12.0. The van der Waals surface area contributed by atoms with Gasteiger partial charge < -0.3 is 0 Å². The van der Waals surface area contributed by atoms with Gasteiger partial charge >= 0.3 is 0 Å². The molecule has 0 spiro atoms. The van der Waals surface area contributed by atoms with Gasteiger partial charge in [-0.25, -0.2) is 4.98 Å². The number of hydrogen-bond acceptors (Lipinski definition) is 4. The van der Waals surface area contributed by atoms with E-state index in [9.17, 15) is 4.79 Å². The molecule has 0 saturated carbocycles. The number of carbonyl (C=O) groups excluding carboxylic acids is 1. The highest BCUT2D eigenvalue weighted by molar-refractivity contribution is 8.00. The normalized spacial score (nSPS) is 11.3. The van der Waals surface area contributed by atoms with Gasteiger partial charge in [-0.15, -0.1) is 23.1 Å². The molecule has 0 bridgehead atoms. The predicted molar refractivity (Wildman–Crippen MR) is 96.6 cm³/mol. The molecular formula is C18H14N2OS2. The first-order valence-electron chi connectivity index (χ1n) is 7.31. The first kappa shape index (κ1) is 14.5. The Labute approximate surface area is 142 Å². The van der Waals surface area contributed by atoms with Gasteiger partial charge in [0.25, 0.3) is 0 Å². The van der Waals surface area contributed by atoms with E-state index >= 15 is 0 Å². The number of nitrogens with zero attached hydrogens (tertiary/aromatic N) is 2. The summed E-state index contributed by atoms with van der Waals surface area (Å²) in [6.45, 7) is 1.61. The van der Waals surface area contributed by atoms with Crippen molar-refractivity contribution < 1.29 is 4.79 Å². The molecule has 114 valence electrons. The fraction of sp³-hybridized carbons (Fsp3) is 0.111. The van der Waals surface area contributed by atoms with Crippen molar-refractivity contribution in [3.8, 4) is 0 Å². The molecule has 0 unspecified atom stereocenters. The van der Waals surface area contributed by atoms with Crippen molar-refractivity contribution in [2.24, 2.45) is 0 Å². The number of pyridine rings is 1. The van der Waals surface area contributed by atoms with Gasteiger partial charge in [-0.3, -0.25) is 9.20 Å². The zero-order valence-corrected chi connectivity index (χ0v) is 14.2. The molecule has 0 fully saturated rings. The third-order valence-electron chi connectivity index (χ3n) is 3.67. The fourth-order valence-electron chi connectivity index (χ4n) is 2.60. The first-order valence-corrected chi connectivity index (χ1v) is 9.11. The zero-order chi connectivity index (χ0) is 15.8. The van der Waals surface area contributed by atoms with Gasteiger partial charge in [0.05, 0.1) is 14.6 Å². The molecule has 23 heavy (non-hydrogen) atoms. The number of hydrogen-bond donors (Lipinski definition) is 0. The lowest BCUT2D eigenvalue weighted by atomic mass is 10.2. The lowest BCUT2D eigenvalue weighted by Crippen LogP contribution is -1.86. The van der Waals surface area contributed by atoms with E-state index in [0.717, 1.165) is 31.5 Å². The van der Waals surface area contributed by atoms with Gasteiger partial charge in [0, 0.05) is 18.9 Å². The van der Waals surface area contributed by atoms with Crippen LogP contribution in [0.4, 0.5) is 0 Å². The summed E-state index contributed by atoms with van der Waals surface area (Å²) >= 11 is 3.32. The summed E-state index contributed by atoms with van der Waals surface area (Å²) < 4.78 is 3.22. The Morgan fingerprint density at radius 2 is 1.96 bits per heavy atom. The van der Waals surface area contributed by atoms with Crippen molar-refractivity contribution in [3.05, 3.63) is 65.2 Å². The highest BCUT2D eigenvalue weighted by Gasteiger charge is 2.20. The maximum Gasteiger partial charge on any atom is 0.172 e. The highest BCUT2D eigenvalue weighted by atomic mass is 32.2. The molecule has 3 nitrogen and oxygen atoms in total. The third kappa shape index (κ3) is 2.56. The molecule has 5 heteroatoms. The molecule has 3 aromatic heterocycles. The van der Waals surface area contributed by atoms with Crippen LogP contribution in [0, 0.1) is 0 Å². The van der Waals surface area contributed by atoms with Crippen LogP contribution in [0.15, 0.2) is 58.9 Å². The minimum Gasteiger partial charge on any atom is -0.298 e. The molecule has 0 atom stereocenters. The Balaban J connectivity index is 1.83. The van der Waals surface area contributed by atoms with E-state index in [4.69, 9.17) is 0 Å². The molecule has 3 heterocycles. The summed E-state index contributed by atoms with van der Waals surface area (Å²) in [6, 6.07) is 16.3. The van der Waals surface area contributed by atoms with Crippen LogP contribution in [-0.4, -0.2) is 15.2 Å². The molecule has 4 aromatic rings. The average Bonchev–Trinajstić information content (AvgIpc) is 3.11. The van der Waals surface area contributed by atoms with Crippen molar-refractivity contribution in [1.29, 1.82) is 0 Å². The summed E-state index contributed by atoms with van der Waals surface area (Å²) in [5.74, 6) is 0.961. The average molecular weight is 338 g/mol. The number of ketones is 1. The molecule has 1 aromatic carbocycles. The fourth-order valence-corrected chi connectivity index (χ4v) is 4.94. The standard InChI is InChI=1S/C18H14N2OS2/c1-12(21)17-15-16(20-10-6-5-9-14(20)19-15)18(23-17)22-11-13-7-3-2-4-8-13/h2-10H,11H2,1H3. The number of fused-ring (bicyclic) bond motifs is 3. The van der Waals surface area contributed by atoms with Gasteiger partial charge in [0.2, 0.25) is 0 Å². The smallest absolute Gasteiger partial charge is 0.172 e. The zero-order valence-electron chi connectivity index (χ0n) is 12.5. The maximum atomic E-state index is 12.0. The first-order chi connectivity index (χ1) is 11.2. The minimum absolute atomic E-state index is 0.0787. The third-order valence-corrected chi connectivity index (χ3v) is 6.27. The predicted octanol–water partition coefficient (Wildman–Crippen LogP) is 5.04. The van der Waals surface area contributed by atoms with Crippen LogP contribution in [0.25, 0.3) is 16.7 Å². The molecule has 4 rings (SSSR count). The van der Waals surface area contributed by atoms with Gasteiger partial charge in [0.1, 0.15) is 11.2 Å². The lowest BCUT2D eigenvalue weighted by Gasteiger charge is -2.01. The van der Waals surface area contributed by atoms with Crippen LogP contribution in [0.1, 0.15) is 22.2 Å². The largest absolute Gasteiger partial charge is 0.298 e. The highest BCUT2D eigenvalue weighted by Crippen LogP contribution is 2.40. The second kappa shape index (κ2) is 5.83. The van der Waals surface area contributed by atoms with Crippen LogP contribution in [0.2, 0.25) is 0 Å².